The molecule has 2 N–H and O–H groups in total. The first-order valence-electron chi connectivity index (χ1n) is 7.89. The summed E-state index contributed by atoms with van der Waals surface area (Å²) < 4.78 is 10.5. The van der Waals surface area contributed by atoms with Gasteiger partial charge in [0.05, 0.1) is 31.9 Å². The van der Waals surface area contributed by atoms with Crippen LogP contribution in [0.2, 0.25) is 0 Å². The molecule has 2 heterocycles. The monoisotopic (exact) mass is 331 g/mol. The van der Waals surface area contributed by atoms with Gasteiger partial charge in [0.15, 0.2) is 17.5 Å². The fraction of sp³-hybridized carbons (Fsp3) is 0.412. The highest BCUT2D eigenvalue weighted by Gasteiger charge is 2.39. The number of phenolic OH excluding ortho intramolecular Hbond substituents is 1. The van der Waals surface area contributed by atoms with E-state index in [0.717, 1.165) is 17.2 Å². The summed E-state index contributed by atoms with van der Waals surface area (Å²) >= 11 is 0. The average Bonchev–Trinajstić information content (AvgIpc) is 3.03. The number of allylic oxidation sites excluding steroid dienone is 1. The van der Waals surface area contributed by atoms with Crippen molar-refractivity contribution in [3.05, 3.63) is 35.0 Å². The van der Waals surface area contributed by atoms with Gasteiger partial charge < -0.3 is 24.8 Å². The van der Waals surface area contributed by atoms with Crippen LogP contribution >= 0.6 is 0 Å². The number of esters is 1. The molecule has 1 unspecified atom stereocenters. The maximum Gasteiger partial charge on any atom is 0.337 e. The highest BCUT2D eigenvalue weighted by atomic mass is 16.5. The molecule has 0 fully saturated rings. The van der Waals surface area contributed by atoms with Crippen LogP contribution in [0.1, 0.15) is 25.5 Å². The molecule has 128 valence electrons. The second-order valence-electron chi connectivity index (χ2n) is 5.62. The second-order valence-corrected chi connectivity index (χ2v) is 5.62. The van der Waals surface area contributed by atoms with Gasteiger partial charge in [-0.25, -0.2) is 4.79 Å². The van der Waals surface area contributed by atoms with Gasteiger partial charge in [-0.3, -0.25) is 4.99 Å². The van der Waals surface area contributed by atoms with Crippen molar-refractivity contribution in [1.82, 2.24) is 10.2 Å². The SMILES string of the molecule is CCOc1cc(C2C(C(=O)OC)=C(C)NC3=NCCN32)ccc1O. The first kappa shape index (κ1) is 16.2. The number of nitrogens with zero attached hydrogens (tertiary/aromatic N) is 2. The minimum atomic E-state index is -0.387. The number of methoxy groups -OCH3 is 1. The lowest BCUT2D eigenvalue weighted by Gasteiger charge is -2.37. The molecule has 0 saturated carbocycles. The second kappa shape index (κ2) is 6.43. The van der Waals surface area contributed by atoms with Gasteiger partial charge in [-0.2, -0.15) is 0 Å². The first-order valence-corrected chi connectivity index (χ1v) is 7.89. The number of hydrogen-bond acceptors (Lipinski definition) is 7. The minimum absolute atomic E-state index is 0.0742. The van der Waals surface area contributed by atoms with E-state index in [-0.39, 0.29) is 17.8 Å². The van der Waals surface area contributed by atoms with Crippen molar-refractivity contribution in [2.45, 2.75) is 19.9 Å². The van der Waals surface area contributed by atoms with Gasteiger partial charge in [0, 0.05) is 12.2 Å². The molecule has 0 radical (unpaired) electrons. The Hall–Kier alpha value is -2.70. The van der Waals surface area contributed by atoms with E-state index in [2.05, 4.69) is 10.3 Å². The van der Waals surface area contributed by atoms with Gasteiger partial charge in [0.2, 0.25) is 0 Å². The van der Waals surface area contributed by atoms with Crippen LogP contribution in [0.4, 0.5) is 0 Å². The Morgan fingerprint density at radius 2 is 2.29 bits per heavy atom. The molecule has 2 aliphatic rings. The lowest BCUT2D eigenvalue weighted by Crippen LogP contribution is -2.47. The molecule has 7 heteroatoms. The van der Waals surface area contributed by atoms with Gasteiger partial charge in [-0.15, -0.1) is 0 Å². The van der Waals surface area contributed by atoms with Crippen molar-refractivity contribution in [3.8, 4) is 11.5 Å². The molecule has 0 aliphatic carbocycles. The molecule has 2 aliphatic heterocycles. The number of fused-ring (bicyclic) bond motifs is 1. The summed E-state index contributed by atoms with van der Waals surface area (Å²) in [5.41, 5.74) is 2.09. The quantitative estimate of drug-likeness (QED) is 0.815. The van der Waals surface area contributed by atoms with Crippen LogP contribution in [0.3, 0.4) is 0 Å². The largest absolute Gasteiger partial charge is 0.504 e. The van der Waals surface area contributed by atoms with E-state index in [9.17, 15) is 9.90 Å². The Morgan fingerprint density at radius 1 is 1.50 bits per heavy atom. The number of carbonyl (C=O) groups excluding carboxylic acids is 1. The predicted octanol–water partition coefficient (Wildman–Crippen LogP) is 1.55. The fourth-order valence-corrected chi connectivity index (χ4v) is 3.11. The van der Waals surface area contributed by atoms with E-state index < -0.39 is 0 Å². The molecule has 3 rings (SSSR count). The molecule has 0 bridgehead atoms. The predicted molar refractivity (Wildman–Crippen MR) is 88.9 cm³/mol. The number of aromatic hydroxyl groups is 1. The van der Waals surface area contributed by atoms with Gasteiger partial charge >= 0.3 is 5.97 Å². The Morgan fingerprint density at radius 3 is 3.00 bits per heavy atom. The summed E-state index contributed by atoms with van der Waals surface area (Å²) in [7, 11) is 1.37. The van der Waals surface area contributed by atoms with E-state index in [1.165, 1.54) is 7.11 Å². The highest BCUT2D eigenvalue weighted by Crippen LogP contribution is 2.38. The van der Waals surface area contributed by atoms with Crippen molar-refractivity contribution >= 4 is 11.9 Å². The Balaban J connectivity index is 2.10. The number of ether oxygens (including phenoxy) is 2. The number of rotatable bonds is 4. The summed E-state index contributed by atoms with van der Waals surface area (Å²) in [6.07, 6.45) is 0. The minimum Gasteiger partial charge on any atom is -0.504 e. The zero-order valence-electron chi connectivity index (χ0n) is 14.0. The molecule has 24 heavy (non-hydrogen) atoms. The number of carbonyl (C=O) groups is 1. The maximum absolute atomic E-state index is 12.4. The summed E-state index contributed by atoms with van der Waals surface area (Å²) in [6.45, 7) is 5.49. The van der Waals surface area contributed by atoms with Crippen LogP contribution in [0, 0.1) is 0 Å². The molecule has 1 aromatic carbocycles. The van der Waals surface area contributed by atoms with Crippen LogP contribution in [-0.4, -0.2) is 48.7 Å². The molecule has 0 spiro atoms. The number of guanidine groups is 1. The summed E-state index contributed by atoms with van der Waals surface area (Å²) in [4.78, 5) is 18.8. The third-order valence-electron chi connectivity index (χ3n) is 4.17. The molecule has 0 amide bonds. The Kier molecular flexibility index (Phi) is 4.33. The number of aliphatic imine (C=N–C) groups is 1. The number of nitrogens with one attached hydrogen (secondary N) is 1. The van der Waals surface area contributed by atoms with Crippen molar-refractivity contribution in [2.75, 3.05) is 26.8 Å². The van der Waals surface area contributed by atoms with E-state index in [4.69, 9.17) is 9.47 Å². The van der Waals surface area contributed by atoms with Gasteiger partial charge in [0.1, 0.15) is 0 Å². The van der Waals surface area contributed by atoms with E-state index in [1.807, 2.05) is 18.7 Å². The first-order chi connectivity index (χ1) is 11.6. The lowest BCUT2D eigenvalue weighted by atomic mass is 9.93. The standard InChI is InChI=1S/C17H21N3O4/c1-4-24-13-9-11(5-6-12(13)21)15-14(16(22)23-3)10(2)19-17-18-7-8-20(15)17/h5-6,9,15,21H,4,7-8H2,1-3H3,(H,18,19). The molecule has 0 saturated heterocycles. The number of hydrogen-bond donors (Lipinski definition) is 2. The molecular formula is C17H21N3O4. The molecule has 7 nitrogen and oxygen atoms in total. The molecule has 0 aromatic heterocycles. The summed E-state index contributed by atoms with van der Waals surface area (Å²) in [5, 5.41) is 13.1. The average molecular weight is 331 g/mol. The van der Waals surface area contributed by atoms with Crippen molar-refractivity contribution in [1.29, 1.82) is 0 Å². The Labute approximate surface area is 140 Å². The highest BCUT2D eigenvalue weighted by molar-refractivity contribution is 5.96. The topological polar surface area (TPSA) is 83.4 Å². The van der Waals surface area contributed by atoms with E-state index >= 15 is 0 Å². The van der Waals surface area contributed by atoms with Gasteiger partial charge in [-0.05, 0) is 31.5 Å². The van der Waals surface area contributed by atoms with Crippen molar-refractivity contribution < 1.29 is 19.4 Å². The van der Waals surface area contributed by atoms with Crippen LogP contribution in [0.15, 0.2) is 34.5 Å². The van der Waals surface area contributed by atoms with Gasteiger partial charge in [-0.1, -0.05) is 6.07 Å². The smallest absolute Gasteiger partial charge is 0.337 e. The van der Waals surface area contributed by atoms with Crippen molar-refractivity contribution in [2.24, 2.45) is 4.99 Å². The lowest BCUT2D eigenvalue weighted by molar-refractivity contribution is -0.137. The van der Waals surface area contributed by atoms with Crippen LogP contribution < -0.4 is 10.1 Å². The fourth-order valence-electron chi connectivity index (χ4n) is 3.11. The third-order valence-corrected chi connectivity index (χ3v) is 4.17. The van der Waals surface area contributed by atoms with E-state index in [1.54, 1.807) is 18.2 Å². The maximum atomic E-state index is 12.4. The van der Waals surface area contributed by atoms with Crippen LogP contribution in [0.5, 0.6) is 11.5 Å². The Bertz CT molecular complexity index is 727. The third kappa shape index (κ3) is 2.66. The van der Waals surface area contributed by atoms with E-state index in [0.29, 0.717) is 31.0 Å². The summed E-state index contributed by atoms with van der Waals surface area (Å²) in [5.74, 6) is 0.830. The number of phenols is 1. The zero-order valence-corrected chi connectivity index (χ0v) is 14.0. The molecular weight excluding hydrogens is 310 g/mol. The normalized spacial score (nSPS) is 19.5. The van der Waals surface area contributed by atoms with Gasteiger partial charge in [0.25, 0.3) is 0 Å². The van der Waals surface area contributed by atoms with Crippen molar-refractivity contribution in [3.63, 3.8) is 0 Å². The number of benzene rings is 1. The zero-order chi connectivity index (χ0) is 17.3. The van der Waals surface area contributed by atoms with Crippen LogP contribution in [0.25, 0.3) is 0 Å². The van der Waals surface area contributed by atoms with Crippen LogP contribution in [-0.2, 0) is 9.53 Å². The molecule has 1 atom stereocenters. The molecule has 1 aromatic rings. The summed E-state index contributed by atoms with van der Waals surface area (Å²) in [6, 6.07) is 4.81.